The van der Waals surface area contributed by atoms with Crippen LogP contribution in [0.5, 0.6) is 0 Å². The third kappa shape index (κ3) is 2.30. The first-order valence-electron chi connectivity index (χ1n) is 3.75. The van der Waals surface area contributed by atoms with Gasteiger partial charge in [0.05, 0.1) is 6.61 Å². The number of aliphatic hydroxyl groups excluding tert-OH is 1. The summed E-state index contributed by atoms with van der Waals surface area (Å²) < 4.78 is 0. The van der Waals surface area contributed by atoms with Crippen LogP contribution in [0, 0.1) is 0 Å². The molecule has 3 N–H and O–H groups in total. The molecular weight excluding hydrogens is 210 g/mol. The molecule has 0 aromatic carbocycles. The smallest absolute Gasteiger partial charge is 0.356 e. The van der Waals surface area contributed by atoms with Gasteiger partial charge in [0.1, 0.15) is 17.2 Å². The van der Waals surface area contributed by atoms with Gasteiger partial charge in [0.15, 0.2) is 5.69 Å². The Kier molecular flexibility index (Phi) is 3.61. The number of carboxylic acids is 1. The lowest BCUT2D eigenvalue weighted by Gasteiger charge is -2.05. The number of aromatic carboxylic acids is 1. The summed E-state index contributed by atoms with van der Waals surface area (Å²) in [6.07, 6.45) is 1.09. The molecule has 1 heterocycles. The van der Waals surface area contributed by atoms with Crippen LogP contribution >= 0.6 is 11.6 Å². The largest absolute Gasteiger partial charge is 0.476 e. The highest BCUT2D eigenvalue weighted by atomic mass is 35.5. The number of aromatic nitrogens is 2. The van der Waals surface area contributed by atoms with E-state index < -0.39 is 5.97 Å². The summed E-state index contributed by atoms with van der Waals surface area (Å²) >= 11 is 5.69. The van der Waals surface area contributed by atoms with Crippen LogP contribution < -0.4 is 5.32 Å². The normalized spacial score (nSPS) is 9.86. The van der Waals surface area contributed by atoms with E-state index in [0.29, 0.717) is 0 Å². The molecular formula is C7H8ClN3O3. The molecule has 0 fully saturated rings. The second-order valence-corrected chi connectivity index (χ2v) is 2.72. The molecule has 0 radical (unpaired) electrons. The number of hydrogen-bond acceptors (Lipinski definition) is 5. The lowest BCUT2D eigenvalue weighted by Crippen LogP contribution is -2.10. The van der Waals surface area contributed by atoms with Gasteiger partial charge in [-0.3, -0.25) is 0 Å². The summed E-state index contributed by atoms with van der Waals surface area (Å²) in [6, 6.07) is 0. The summed E-state index contributed by atoms with van der Waals surface area (Å²) in [5, 5.41) is 19.8. The molecule has 0 saturated carbocycles. The zero-order chi connectivity index (χ0) is 10.6. The van der Waals surface area contributed by atoms with E-state index in [1.165, 1.54) is 0 Å². The molecule has 0 aliphatic rings. The fourth-order valence-electron chi connectivity index (χ4n) is 0.816. The lowest BCUT2D eigenvalue weighted by atomic mass is 10.4. The highest BCUT2D eigenvalue weighted by Gasteiger charge is 2.14. The molecule has 1 aromatic heterocycles. The van der Waals surface area contributed by atoms with Gasteiger partial charge < -0.3 is 15.5 Å². The zero-order valence-electron chi connectivity index (χ0n) is 7.07. The van der Waals surface area contributed by atoms with Crippen molar-refractivity contribution in [2.45, 2.75) is 0 Å². The van der Waals surface area contributed by atoms with Gasteiger partial charge >= 0.3 is 5.97 Å². The van der Waals surface area contributed by atoms with Crippen LogP contribution in [0.1, 0.15) is 10.5 Å². The van der Waals surface area contributed by atoms with Crippen molar-refractivity contribution in [1.82, 2.24) is 9.97 Å². The quantitative estimate of drug-likeness (QED) is 0.668. The number of anilines is 1. The Hall–Kier alpha value is -1.40. The average molecular weight is 218 g/mol. The predicted octanol–water partition coefficient (Wildman–Crippen LogP) is 0.232. The van der Waals surface area contributed by atoms with Crippen molar-refractivity contribution in [2.24, 2.45) is 0 Å². The van der Waals surface area contributed by atoms with E-state index in [-0.39, 0.29) is 29.7 Å². The Balaban J connectivity index is 2.95. The molecule has 14 heavy (non-hydrogen) atoms. The summed E-state index contributed by atoms with van der Waals surface area (Å²) in [4.78, 5) is 17.8. The predicted molar refractivity (Wildman–Crippen MR) is 49.6 cm³/mol. The molecule has 0 spiro atoms. The van der Waals surface area contributed by atoms with Gasteiger partial charge in [0.2, 0.25) is 0 Å². The number of halogens is 1. The van der Waals surface area contributed by atoms with Gasteiger partial charge in [-0.1, -0.05) is 11.6 Å². The molecule has 0 aliphatic carbocycles. The Morgan fingerprint density at radius 2 is 2.29 bits per heavy atom. The number of nitrogens with zero attached hydrogens (tertiary/aromatic N) is 2. The van der Waals surface area contributed by atoms with Gasteiger partial charge in [-0.15, -0.1) is 0 Å². The molecule has 76 valence electrons. The van der Waals surface area contributed by atoms with Crippen LogP contribution in [0.2, 0.25) is 5.02 Å². The highest BCUT2D eigenvalue weighted by molar-refractivity contribution is 6.35. The molecule has 6 nitrogen and oxygen atoms in total. The van der Waals surface area contributed by atoms with Crippen LogP contribution in [0.25, 0.3) is 0 Å². The Bertz CT molecular complexity index is 345. The SMILES string of the molecule is O=C(O)c1ncnc(NCCO)c1Cl. The molecule has 0 amide bonds. The number of nitrogens with one attached hydrogen (secondary N) is 1. The van der Waals surface area contributed by atoms with E-state index >= 15 is 0 Å². The Morgan fingerprint density at radius 1 is 1.57 bits per heavy atom. The zero-order valence-corrected chi connectivity index (χ0v) is 7.82. The second-order valence-electron chi connectivity index (χ2n) is 2.34. The number of hydrogen-bond donors (Lipinski definition) is 3. The van der Waals surface area contributed by atoms with Crippen molar-refractivity contribution in [3.05, 3.63) is 17.0 Å². The highest BCUT2D eigenvalue weighted by Crippen LogP contribution is 2.21. The third-order valence-electron chi connectivity index (χ3n) is 1.40. The van der Waals surface area contributed by atoms with E-state index in [4.69, 9.17) is 21.8 Å². The summed E-state index contributed by atoms with van der Waals surface area (Å²) in [7, 11) is 0. The van der Waals surface area contributed by atoms with E-state index in [1.807, 2.05) is 0 Å². The maximum Gasteiger partial charge on any atom is 0.356 e. The monoisotopic (exact) mass is 217 g/mol. The Labute approximate surface area is 84.6 Å². The van der Waals surface area contributed by atoms with Gasteiger partial charge in [0.25, 0.3) is 0 Å². The molecule has 1 rings (SSSR count). The van der Waals surface area contributed by atoms with Crippen LogP contribution in [0.15, 0.2) is 6.33 Å². The van der Waals surface area contributed by atoms with E-state index in [9.17, 15) is 4.79 Å². The summed E-state index contributed by atoms with van der Waals surface area (Å²) in [5.41, 5.74) is -0.262. The van der Waals surface area contributed by atoms with Crippen LogP contribution in [-0.2, 0) is 0 Å². The van der Waals surface area contributed by atoms with Crippen molar-refractivity contribution in [1.29, 1.82) is 0 Å². The number of carboxylic acid groups (broad SMARTS) is 1. The van der Waals surface area contributed by atoms with Crippen molar-refractivity contribution in [3.63, 3.8) is 0 Å². The molecule has 0 bridgehead atoms. The maximum atomic E-state index is 10.6. The fraction of sp³-hybridized carbons (Fsp3) is 0.286. The number of aliphatic hydroxyl groups is 1. The van der Waals surface area contributed by atoms with E-state index in [1.54, 1.807) is 0 Å². The minimum absolute atomic E-state index is 0.0616. The minimum Gasteiger partial charge on any atom is -0.476 e. The first-order chi connectivity index (χ1) is 6.66. The Morgan fingerprint density at radius 3 is 2.86 bits per heavy atom. The van der Waals surface area contributed by atoms with Gasteiger partial charge in [-0.2, -0.15) is 0 Å². The van der Waals surface area contributed by atoms with Crippen molar-refractivity contribution < 1.29 is 15.0 Å². The molecule has 1 aromatic rings. The lowest BCUT2D eigenvalue weighted by molar-refractivity contribution is 0.0690. The molecule has 0 atom stereocenters. The van der Waals surface area contributed by atoms with Gasteiger partial charge in [-0.05, 0) is 0 Å². The van der Waals surface area contributed by atoms with Gasteiger partial charge in [-0.25, -0.2) is 14.8 Å². The molecule has 7 heteroatoms. The maximum absolute atomic E-state index is 10.6. The molecule has 0 saturated heterocycles. The van der Waals surface area contributed by atoms with Crippen molar-refractivity contribution in [3.8, 4) is 0 Å². The van der Waals surface area contributed by atoms with Crippen LogP contribution in [-0.4, -0.2) is 39.3 Å². The van der Waals surface area contributed by atoms with E-state index in [2.05, 4.69) is 15.3 Å². The van der Waals surface area contributed by atoms with E-state index in [0.717, 1.165) is 6.33 Å². The second kappa shape index (κ2) is 4.73. The van der Waals surface area contributed by atoms with Crippen molar-refractivity contribution >= 4 is 23.4 Å². The first kappa shape index (κ1) is 10.7. The van der Waals surface area contributed by atoms with Gasteiger partial charge in [0, 0.05) is 6.54 Å². The third-order valence-corrected chi connectivity index (χ3v) is 1.75. The summed E-state index contributed by atoms with van der Waals surface area (Å²) in [6.45, 7) is 0.151. The van der Waals surface area contributed by atoms with Crippen LogP contribution in [0.4, 0.5) is 5.82 Å². The average Bonchev–Trinajstić information content (AvgIpc) is 2.16. The first-order valence-corrected chi connectivity index (χ1v) is 4.13. The fourth-order valence-corrected chi connectivity index (χ4v) is 1.06. The number of rotatable bonds is 4. The standard InChI is InChI=1S/C7H8ClN3O3/c8-4-5(7(13)14)10-3-11-6(4)9-1-2-12/h3,12H,1-2H2,(H,13,14)(H,9,10,11). The summed E-state index contributed by atoms with van der Waals surface area (Å²) in [5.74, 6) is -1.02. The number of carbonyl (C=O) groups is 1. The van der Waals surface area contributed by atoms with Crippen LogP contribution in [0.3, 0.4) is 0 Å². The topological polar surface area (TPSA) is 95.3 Å². The molecule has 0 unspecified atom stereocenters. The van der Waals surface area contributed by atoms with Crippen molar-refractivity contribution in [2.75, 3.05) is 18.5 Å². The minimum atomic E-state index is -1.22. The molecule has 0 aliphatic heterocycles.